The Morgan fingerprint density at radius 1 is 1.14 bits per heavy atom. The largest absolute Gasteiger partial charge is 0.493 e. The number of alkyl halides is 2. The van der Waals surface area contributed by atoms with Gasteiger partial charge in [-0.25, -0.2) is 5.43 Å². The second kappa shape index (κ2) is 10.2. The summed E-state index contributed by atoms with van der Waals surface area (Å²) in [6, 6.07) is 11.6. The minimum atomic E-state index is -2.94. The number of methoxy groups -OCH3 is 1. The average Bonchev–Trinajstić information content (AvgIpc) is 2.70. The van der Waals surface area contributed by atoms with Crippen LogP contribution >= 0.6 is 0 Å². The maximum absolute atomic E-state index is 12.3. The van der Waals surface area contributed by atoms with Crippen LogP contribution in [0.1, 0.15) is 29.8 Å². The molecule has 2 aromatic rings. The van der Waals surface area contributed by atoms with Crippen molar-refractivity contribution in [2.75, 3.05) is 25.1 Å². The van der Waals surface area contributed by atoms with Crippen LogP contribution < -0.4 is 19.8 Å². The molecular formula is C20H23F2N3O3. The number of halogens is 2. The number of anilines is 1. The van der Waals surface area contributed by atoms with Gasteiger partial charge in [-0.2, -0.15) is 13.9 Å². The molecule has 1 amide bonds. The quantitative estimate of drug-likeness (QED) is 0.520. The third-order valence-corrected chi connectivity index (χ3v) is 4.04. The zero-order chi connectivity index (χ0) is 20.5. The van der Waals surface area contributed by atoms with Crippen LogP contribution in [0.15, 0.2) is 47.6 Å². The predicted molar refractivity (Wildman–Crippen MR) is 105 cm³/mol. The molecule has 2 rings (SSSR count). The van der Waals surface area contributed by atoms with Crippen molar-refractivity contribution in [2.24, 2.45) is 5.10 Å². The first-order chi connectivity index (χ1) is 13.5. The SMILES string of the molecule is CCN(CC)c1ccc(C(=O)N/N=C\c2ccc(OC(F)F)c(OC)c2)cc1. The highest BCUT2D eigenvalue weighted by Gasteiger charge is 2.11. The summed E-state index contributed by atoms with van der Waals surface area (Å²) in [6.45, 7) is 2.97. The van der Waals surface area contributed by atoms with E-state index in [1.165, 1.54) is 31.5 Å². The summed E-state index contributed by atoms with van der Waals surface area (Å²) < 4.78 is 34.1. The van der Waals surface area contributed by atoms with Gasteiger partial charge in [0.05, 0.1) is 13.3 Å². The molecule has 0 atom stereocenters. The van der Waals surface area contributed by atoms with Gasteiger partial charge in [0.25, 0.3) is 5.91 Å². The van der Waals surface area contributed by atoms with E-state index in [1.54, 1.807) is 12.1 Å². The number of amides is 1. The topological polar surface area (TPSA) is 63.2 Å². The molecule has 0 aliphatic rings. The number of nitrogens with one attached hydrogen (secondary N) is 1. The van der Waals surface area contributed by atoms with Crippen molar-refractivity contribution in [3.8, 4) is 11.5 Å². The minimum absolute atomic E-state index is 0.0769. The van der Waals surface area contributed by atoms with E-state index in [0.29, 0.717) is 11.1 Å². The zero-order valence-electron chi connectivity index (χ0n) is 16.0. The second-order valence-corrected chi connectivity index (χ2v) is 5.71. The standard InChI is InChI=1S/C20H23F2N3O3/c1-4-25(5-2)16-9-7-15(8-10-16)19(26)24-23-13-14-6-11-17(28-20(21)22)18(12-14)27-3/h6-13,20H,4-5H2,1-3H3,(H,24,26)/b23-13-. The van der Waals surface area contributed by atoms with Crippen molar-refractivity contribution in [1.29, 1.82) is 0 Å². The molecule has 8 heteroatoms. The van der Waals surface area contributed by atoms with Gasteiger partial charge in [0.2, 0.25) is 0 Å². The van der Waals surface area contributed by atoms with Gasteiger partial charge in [0.15, 0.2) is 11.5 Å². The number of hydrogen-bond donors (Lipinski definition) is 1. The minimum Gasteiger partial charge on any atom is -0.493 e. The Kier molecular flexibility index (Phi) is 7.74. The molecule has 28 heavy (non-hydrogen) atoms. The van der Waals surface area contributed by atoms with E-state index in [4.69, 9.17) is 4.74 Å². The van der Waals surface area contributed by atoms with Crippen molar-refractivity contribution in [2.45, 2.75) is 20.5 Å². The summed E-state index contributed by atoms with van der Waals surface area (Å²) in [5.41, 5.74) is 4.51. The van der Waals surface area contributed by atoms with Crippen LogP contribution in [0.4, 0.5) is 14.5 Å². The molecule has 2 aromatic carbocycles. The third-order valence-electron chi connectivity index (χ3n) is 4.04. The highest BCUT2D eigenvalue weighted by Crippen LogP contribution is 2.28. The van der Waals surface area contributed by atoms with Gasteiger partial charge in [-0.05, 0) is 61.9 Å². The Morgan fingerprint density at radius 3 is 2.39 bits per heavy atom. The van der Waals surface area contributed by atoms with Gasteiger partial charge in [0, 0.05) is 24.3 Å². The van der Waals surface area contributed by atoms with Crippen LogP contribution in [0.3, 0.4) is 0 Å². The van der Waals surface area contributed by atoms with E-state index in [1.807, 2.05) is 12.1 Å². The smallest absolute Gasteiger partial charge is 0.387 e. The summed E-state index contributed by atoms with van der Waals surface area (Å²) in [4.78, 5) is 14.4. The van der Waals surface area contributed by atoms with Crippen LogP contribution in [-0.2, 0) is 0 Å². The number of rotatable bonds is 9. The molecule has 150 valence electrons. The van der Waals surface area contributed by atoms with Crippen molar-refractivity contribution >= 4 is 17.8 Å². The normalized spacial score (nSPS) is 10.9. The van der Waals surface area contributed by atoms with Crippen LogP contribution in [0.5, 0.6) is 11.5 Å². The number of hydrogen-bond acceptors (Lipinski definition) is 5. The first kappa shape index (κ1) is 21.1. The fourth-order valence-corrected chi connectivity index (χ4v) is 2.60. The molecular weight excluding hydrogens is 368 g/mol. The molecule has 0 fully saturated rings. The van der Waals surface area contributed by atoms with Crippen LogP contribution in [0.25, 0.3) is 0 Å². The van der Waals surface area contributed by atoms with E-state index < -0.39 is 6.61 Å². The van der Waals surface area contributed by atoms with Gasteiger partial charge in [-0.3, -0.25) is 4.79 Å². The van der Waals surface area contributed by atoms with Gasteiger partial charge < -0.3 is 14.4 Å². The maximum atomic E-state index is 12.3. The number of benzene rings is 2. The second-order valence-electron chi connectivity index (χ2n) is 5.71. The highest BCUT2D eigenvalue weighted by molar-refractivity contribution is 5.95. The molecule has 0 aromatic heterocycles. The fourth-order valence-electron chi connectivity index (χ4n) is 2.60. The Morgan fingerprint density at radius 2 is 1.82 bits per heavy atom. The molecule has 0 radical (unpaired) electrons. The lowest BCUT2D eigenvalue weighted by molar-refractivity contribution is -0.0512. The average molecular weight is 391 g/mol. The Balaban J connectivity index is 2.01. The highest BCUT2D eigenvalue weighted by atomic mass is 19.3. The van der Waals surface area contributed by atoms with Crippen molar-refractivity contribution in [3.05, 3.63) is 53.6 Å². The molecule has 6 nitrogen and oxygen atoms in total. The molecule has 0 aliphatic heterocycles. The van der Waals surface area contributed by atoms with Gasteiger partial charge in [-0.15, -0.1) is 0 Å². The van der Waals surface area contributed by atoms with E-state index >= 15 is 0 Å². The maximum Gasteiger partial charge on any atom is 0.387 e. The fraction of sp³-hybridized carbons (Fsp3) is 0.300. The van der Waals surface area contributed by atoms with Gasteiger partial charge >= 0.3 is 6.61 Å². The van der Waals surface area contributed by atoms with Crippen LogP contribution in [0.2, 0.25) is 0 Å². The summed E-state index contributed by atoms with van der Waals surface area (Å²) in [6.07, 6.45) is 1.39. The molecule has 0 saturated heterocycles. The number of nitrogens with zero attached hydrogens (tertiary/aromatic N) is 2. The summed E-state index contributed by atoms with van der Waals surface area (Å²) >= 11 is 0. The Bertz CT molecular complexity index is 807. The molecule has 0 heterocycles. The lowest BCUT2D eigenvalue weighted by Gasteiger charge is -2.20. The number of hydrazone groups is 1. The van der Waals surface area contributed by atoms with Crippen LogP contribution in [0, 0.1) is 0 Å². The number of carbonyl (C=O) groups is 1. The Hall–Kier alpha value is -3.16. The lowest BCUT2D eigenvalue weighted by Crippen LogP contribution is -2.22. The van der Waals surface area contributed by atoms with Gasteiger partial charge in [-0.1, -0.05) is 0 Å². The number of carbonyl (C=O) groups excluding carboxylic acids is 1. The Labute approximate surface area is 162 Å². The van der Waals surface area contributed by atoms with Crippen LogP contribution in [-0.4, -0.2) is 38.9 Å². The van der Waals surface area contributed by atoms with E-state index in [9.17, 15) is 13.6 Å². The predicted octanol–water partition coefficient (Wildman–Crippen LogP) is 3.91. The third kappa shape index (κ3) is 5.67. The van der Waals surface area contributed by atoms with Crippen molar-refractivity contribution in [3.63, 3.8) is 0 Å². The molecule has 1 N–H and O–H groups in total. The molecule has 0 spiro atoms. The monoisotopic (exact) mass is 391 g/mol. The summed E-state index contributed by atoms with van der Waals surface area (Å²) in [5.74, 6) is -0.290. The summed E-state index contributed by atoms with van der Waals surface area (Å²) in [7, 11) is 1.35. The molecule has 0 saturated carbocycles. The zero-order valence-corrected chi connectivity index (χ0v) is 16.0. The van der Waals surface area contributed by atoms with Crippen molar-refractivity contribution in [1.82, 2.24) is 5.43 Å². The van der Waals surface area contributed by atoms with E-state index in [0.717, 1.165) is 18.8 Å². The first-order valence-electron chi connectivity index (χ1n) is 8.79. The lowest BCUT2D eigenvalue weighted by atomic mass is 10.2. The molecule has 0 bridgehead atoms. The summed E-state index contributed by atoms with van der Waals surface area (Å²) in [5, 5.41) is 3.89. The molecule has 0 unspecified atom stereocenters. The molecule has 0 aliphatic carbocycles. The van der Waals surface area contributed by atoms with Gasteiger partial charge in [0.1, 0.15) is 0 Å². The number of ether oxygens (including phenoxy) is 2. The first-order valence-corrected chi connectivity index (χ1v) is 8.79. The van der Waals surface area contributed by atoms with E-state index in [-0.39, 0.29) is 17.4 Å². The van der Waals surface area contributed by atoms with E-state index in [2.05, 4.69) is 34.0 Å². The van der Waals surface area contributed by atoms with Crippen molar-refractivity contribution < 1.29 is 23.0 Å².